The van der Waals surface area contributed by atoms with Gasteiger partial charge in [-0.3, -0.25) is 9.69 Å². The second kappa shape index (κ2) is 5.29. The van der Waals surface area contributed by atoms with Gasteiger partial charge in [-0.15, -0.1) is 0 Å². The SMILES string of the molecule is NC[C@@H]1CCN(Cc2ccccc2)[C@H]1C(=O)O. The Morgan fingerprint density at radius 3 is 2.71 bits per heavy atom. The Hall–Kier alpha value is -1.39. The van der Waals surface area contributed by atoms with E-state index in [2.05, 4.69) is 0 Å². The first-order chi connectivity index (χ1) is 8.22. The van der Waals surface area contributed by atoms with Gasteiger partial charge in [-0.2, -0.15) is 0 Å². The second-order valence-corrected chi connectivity index (χ2v) is 4.52. The summed E-state index contributed by atoms with van der Waals surface area (Å²) in [5.41, 5.74) is 6.78. The lowest BCUT2D eigenvalue weighted by Crippen LogP contribution is -2.41. The van der Waals surface area contributed by atoms with E-state index in [1.165, 1.54) is 0 Å². The van der Waals surface area contributed by atoms with E-state index in [1.807, 2.05) is 35.2 Å². The summed E-state index contributed by atoms with van der Waals surface area (Å²) in [4.78, 5) is 13.3. The minimum atomic E-state index is -0.756. The minimum Gasteiger partial charge on any atom is -0.480 e. The van der Waals surface area contributed by atoms with E-state index in [0.717, 1.165) is 18.5 Å². The number of hydrogen-bond acceptors (Lipinski definition) is 3. The number of benzene rings is 1. The van der Waals surface area contributed by atoms with Crippen LogP contribution in [0.4, 0.5) is 0 Å². The van der Waals surface area contributed by atoms with Crippen LogP contribution in [0, 0.1) is 5.92 Å². The topological polar surface area (TPSA) is 66.6 Å². The molecule has 17 heavy (non-hydrogen) atoms. The van der Waals surface area contributed by atoms with Gasteiger partial charge in [0.25, 0.3) is 0 Å². The van der Waals surface area contributed by atoms with Gasteiger partial charge >= 0.3 is 5.97 Å². The van der Waals surface area contributed by atoms with E-state index in [0.29, 0.717) is 13.1 Å². The zero-order valence-corrected chi connectivity index (χ0v) is 9.75. The normalized spacial score (nSPS) is 25.0. The van der Waals surface area contributed by atoms with Crippen LogP contribution in [-0.2, 0) is 11.3 Å². The maximum Gasteiger partial charge on any atom is 0.321 e. The Kier molecular flexibility index (Phi) is 3.76. The Morgan fingerprint density at radius 1 is 1.41 bits per heavy atom. The molecule has 0 aromatic heterocycles. The van der Waals surface area contributed by atoms with Crippen molar-refractivity contribution in [1.29, 1.82) is 0 Å². The molecule has 3 N–H and O–H groups in total. The molecule has 2 rings (SSSR count). The van der Waals surface area contributed by atoms with Crippen LogP contribution in [-0.4, -0.2) is 35.1 Å². The molecule has 1 heterocycles. The zero-order chi connectivity index (χ0) is 12.3. The van der Waals surface area contributed by atoms with Crippen LogP contribution in [0.5, 0.6) is 0 Å². The van der Waals surface area contributed by atoms with E-state index in [-0.39, 0.29) is 5.92 Å². The molecule has 1 aromatic rings. The van der Waals surface area contributed by atoms with Crippen molar-refractivity contribution in [2.24, 2.45) is 11.7 Å². The van der Waals surface area contributed by atoms with Gasteiger partial charge in [0.1, 0.15) is 6.04 Å². The maximum absolute atomic E-state index is 11.3. The Labute approximate surface area is 101 Å². The number of likely N-dealkylation sites (tertiary alicyclic amines) is 1. The summed E-state index contributed by atoms with van der Waals surface area (Å²) >= 11 is 0. The van der Waals surface area contributed by atoms with Gasteiger partial charge in [-0.25, -0.2) is 0 Å². The molecule has 1 aliphatic rings. The molecular formula is C13H18N2O2. The molecule has 4 heteroatoms. The second-order valence-electron chi connectivity index (χ2n) is 4.52. The third-order valence-corrected chi connectivity index (χ3v) is 3.41. The van der Waals surface area contributed by atoms with E-state index < -0.39 is 12.0 Å². The fraction of sp³-hybridized carbons (Fsp3) is 0.462. The predicted octanol–water partition coefficient (Wildman–Crippen LogP) is 0.920. The summed E-state index contributed by atoms with van der Waals surface area (Å²) in [6.45, 7) is 1.95. The van der Waals surface area contributed by atoms with E-state index >= 15 is 0 Å². The third kappa shape index (κ3) is 2.65. The van der Waals surface area contributed by atoms with Gasteiger partial charge in [-0.05, 0) is 31.0 Å². The predicted molar refractivity (Wildman–Crippen MR) is 65.4 cm³/mol. The fourth-order valence-electron chi connectivity index (χ4n) is 2.53. The van der Waals surface area contributed by atoms with Crippen molar-refractivity contribution in [2.75, 3.05) is 13.1 Å². The number of carboxylic acids is 1. The van der Waals surface area contributed by atoms with Gasteiger partial charge in [-0.1, -0.05) is 30.3 Å². The first-order valence-electron chi connectivity index (χ1n) is 5.93. The lowest BCUT2D eigenvalue weighted by atomic mass is 10.0. The highest BCUT2D eigenvalue weighted by Crippen LogP contribution is 2.25. The smallest absolute Gasteiger partial charge is 0.321 e. The Morgan fingerprint density at radius 2 is 2.12 bits per heavy atom. The van der Waals surface area contributed by atoms with Crippen LogP contribution in [0.15, 0.2) is 30.3 Å². The molecule has 0 radical (unpaired) electrons. The van der Waals surface area contributed by atoms with Gasteiger partial charge < -0.3 is 10.8 Å². The molecule has 1 aromatic carbocycles. The van der Waals surface area contributed by atoms with Crippen LogP contribution >= 0.6 is 0 Å². The van der Waals surface area contributed by atoms with Crippen LogP contribution < -0.4 is 5.73 Å². The van der Waals surface area contributed by atoms with Gasteiger partial charge in [0.15, 0.2) is 0 Å². The summed E-state index contributed by atoms with van der Waals surface area (Å²) in [6, 6.07) is 9.53. The highest BCUT2D eigenvalue weighted by molar-refractivity contribution is 5.74. The summed E-state index contributed by atoms with van der Waals surface area (Å²) in [6.07, 6.45) is 0.875. The number of nitrogens with two attached hydrogens (primary N) is 1. The van der Waals surface area contributed by atoms with Crippen molar-refractivity contribution in [1.82, 2.24) is 4.90 Å². The summed E-state index contributed by atoms with van der Waals surface area (Å²) < 4.78 is 0. The molecule has 0 bridgehead atoms. The van der Waals surface area contributed by atoms with Crippen LogP contribution in [0.2, 0.25) is 0 Å². The standard InChI is InChI=1S/C13H18N2O2/c14-8-11-6-7-15(12(11)13(16)17)9-10-4-2-1-3-5-10/h1-5,11-12H,6-9,14H2,(H,16,17)/t11-,12+/m0/s1. The number of carbonyl (C=O) groups is 1. The molecule has 1 aliphatic heterocycles. The molecule has 0 unspecified atom stereocenters. The van der Waals surface area contributed by atoms with Crippen molar-refractivity contribution in [3.05, 3.63) is 35.9 Å². The van der Waals surface area contributed by atoms with Crippen molar-refractivity contribution in [3.63, 3.8) is 0 Å². The molecule has 0 spiro atoms. The summed E-state index contributed by atoms with van der Waals surface area (Å²) in [7, 11) is 0. The molecule has 0 saturated carbocycles. The molecule has 4 nitrogen and oxygen atoms in total. The van der Waals surface area contributed by atoms with Crippen LogP contribution in [0.1, 0.15) is 12.0 Å². The van der Waals surface area contributed by atoms with Crippen LogP contribution in [0.25, 0.3) is 0 Å². The highest BCUT2D eigenvalue weighted by Gasteiger charge is 2.38. The average molecular weight is 234 g/mol. The molecule has 1 fully saturated rings. The van der Waals surface area contributed by atoms with Crippen molar-refractivity contribution in [3.8, 4) is 0 Å². The fourth-order valence-corrected chi connectivity index (χ4v) is 2.53. The van der Waals surface area contributed by atoms with Crippen molar-refractivity contribution < 1.29 is 9.90 Å². The van der Waals surface area contributed by atoms with Gasteiger partial charge in [0, 0.05) is 6.54 Å². The van der Waals surface area contributed by atoms with Crippen LogP contribution in [0.3, 0.4) is 0 Å². The third-order valence-electron chi connectivity index (χ3n) is 3.41. The minimum absolute atomic E-state index is 0.0798. The molecule has 92 valence electrons. The quantitative estimate of drug-likeness (QED) is 0.813. The number of hydrogen-bond donors (Lipinski definition) is 2. The summed E-state index contributed by atoms with van der Waals surface area (Å²) in [5, 5.41) is 9.27. The largest absolute Gasteiger partial charge is 0.480 e. The molecular weight excluding hydrogens is 216 g/mol. The first kappa shape index (κ1) is 12.1. The molecule has 0 amide bonds. The highest BCUT2D eigenvalue weighted by atomic mass is 16.4. The number of carboxylic acid groups (broad SMARTS) is 1. The zero-order valence-electron chi connectivity index (χ0n) is 9.75. The number of rotatable bonds is 4. The van der Waals surface area contributed by atoms with E-state index in [1.54, 1.807) is 0 Å². The lowest BCUT2D eigenvalue weighted by Gasteiger charge is -2.23. The molecule has 1 saturated heterocycles. The Bertz CT molecular complexity index is 380. The molecule has 0 aliphatic carbocycles. The lowest BCUT2D eigenvalue weighted by molar-refractivity contribution is -0.143. The average Bonchev–Trinajstić information content (AvgIpc) is 2.73. The van der Waals surface area contributed by atoms with Gasteiger partial charge in [0.05, 0.1) is 0 Å². The monoisotopic (exact) mass is 234 g/mol. The number of nitrogens with zero attached hydrogens (tertiary/aromatic N) is 1. The van der Waals surface area contributed by atoms with E-state index in [9.17, 15) is 9.90 Å². The van der Waals surface area contributed by atoms with Crippen molar-refractivity contribution in [2.45, 2.75) is 19.0 Å². The maximum atomic E-state index is 11.3. The summed E-state index contributed by atoms with van der Waals surface area (Å²) in [5.74, 6) is -0.676. The Balaban J connectivity index is 2.08. The van der Waals surface area contributed by atoms with Gasteiger partial charge in [0.2, 0.25) is 0 Å². The van der Waals surface area contributed by atoms with Crippen molar-refractivity contribution >= 4 is 5.97 Å². The first-order valence-corrected chi connectivity index (χ1v) is 5.93. The molecule has 2 atom stereocenters. The number of aliphatic carboxylic acids is 1. The van der Waals surface area contributed by atoms with E-state index in [4.69, 9.17) is 5.73 Å².